The van der Waals surface area contributed by atoms with Gasteiger partial charge in [-0.15, -0.1) is 0 Å². The average Bonchev–Trinajstić information content (AvgIpc) is 2.37. The predicted octanol–water partition coefficient (Wildman–Crippen LogP) is 3.73. The molecule has 0 saturated heterocycles. The molecule has 0 fully saturated rings. The highest BCUT2D eigenvalue weighted by Crippen LogP contribution is 2.30. The molecule has 2 aromatic rings. The first-order valence-corrected chi connectivity index (χ1v) is 6.60. The monoisotopic (exact) mass is 344 g/mol. The second-order valence-electron chi connectivity index (χ2n) is 4.41. The van der Waals surface area contributed by atoms with Gasteiger partial charge in [-0.05, 0) is 25.1 Å². The van der Waals surface area contributed by atoms with Crippen molar-refractivity contribution in [3.8, 4) is 0 Å². The van der Waals surface area contributed by atoms with Gasteiger partial charge in [0.25, 0.3) is 0 Å². The van der Waals surface area contributed by atoms with Crippen molar-refractivity contribution in [1.82, 2.24) is 5.43 Å². The molecule has 0 aliphatic carbocycles. The van der Waals surface area contributed by atoms with E-state index >= 15 is 0 Å². The summed E-state index contributed by atoms with van der Waals surface area (Å²) < 4.78 is 42.1. The van der Waals surface area contributed by atoms with Crippen LogP contribution in [0.1, 0.15) is 22.7 Å². The number of halogens is 4. The minimum atomic E-state index is -1.11. The average molecular weight is 345 g/mol. The maximum atomic E-state index is 14.0. The Morgan fingerprint density at radius 3 is 2.20 bits per heavy atom. The van der Waals surface area contributed by atoms with Gasteiger partial charge in [0.15, 0.2) is 0 Å². The molecule has 0 bridgehead atoms. The van der Waals surface area contributed by atoms with Crippen LogP contribution in [0.4, 0.5) is 13.2 Å². The molecule has 1 atom stereocenters. The van der Waals surface area contributed by atoms with Crippen molar-refractivity contribution in [2.75, 3.05) is 0 Å². The zero-order valence-electron chi connectivity index (χ0n) is 10.6. The molecule has 0 saturated carbocycles. The van der Waals surface area contributed by atoms with Gasteiger partial charge in [0.1, 0.15) is 17.5 Å². The molecular formula is C14H12BrF3N2. The van der Waals surface area contributed by atoms with Crippen molar-refractivity contribution in [2.24, 2.45) is 5.84 Å². The van der Waals surface area contributed by atoms with E-state index in [4.69, 9.17) is 5.84 Å². The molecule has 2 rings (SSSR count). The standard InChI is InChI=1S/C14H12BrF3N2/c1-7-2-3-10(16)9(4-7)14(20-19)13-11(17)5-8(15)6-12(13)18/h2-6,14,20H,19H2,1H3. The third-order valence-electron chi connectivity index (χ3n) is 2.96. The van der Waals surface area contributed by atoms with Gasteiger partial charge in [-0.3, -0.25) is 5.84 Å². The van der Waals surface area contributed by atoms with Crippen LogP contribution in [0, 0.1) is 24.4 Å². The van der Waals surface area contributed by atoms with Gasteiger partial charge in [-0.1, -0.05) is 33.6 Å². The number of aryl methyl sites for hydroxylation is 1. The van der Waals surface area contributed by atoms with E-state index in [1.807, 2.05) is 0 Å². The highest BCUT2D eigenvalue weighted by Gasteiger charge is 2.24. The van der Waals surface area contributed by atoms with Crippen LogP contribution in [0.15, 0.2) is 34.8 Å². The Bertz CT molecular complexity index is 623. The molecule has 0 aromatic heterocycles. The first kappa shape index (κ1) is 15.0. The number of rotatable bonds is 3. The van der Waals surface area contributed by atoms with Gasteiger partial charge in [-0.2, -0.15) is 0 Å². The molecule has 0 radical (unpaired) electrons. The Kier molecular flexibility index (Phi) is 4.47. The molecule has 20 heavy (non-hydrogen) atoms. The van der Waals surface area contributed by atoms with Crippen LogP contribution in [0.2, 0.25) is 0 Å². The lowest BCUT2D eigenvalue weighted by Gasteiger charge is -2.19. The summed E-state index contributed by atoms with van der Waals surface area (Å²) in [6, 6.07) is 5.42. The first-order chi connectivity index (χ1) is 9.43. The lowest BCUT2D eigenvalue weighted by atomic mass is 9.96. The highest BCUT2D eigenvalue weighted by molar-refractivity contribution is 9.10. The predicted molar refractivity (Wildman–Crippen MR) is 74.4 cm³/mol. The molecular weight excluding hydrogens is 333 g/mol. The second-order valence-corrected chi connectivity index (χ2v) is 5.32. The number of nitrogens with one attached hydrogen (secondary N) is 1. The molecule has 0 heterocycles. The van der Waals surface area contributed by atoms with Crippen LogP contribution in [-0.4, -0.2) is 0 Å². The van der Waals surface area contributed by atoms with Gasteiger partial charge in [0.05, 0.1) is 6.04 Å². The van der Waals surface area contributed by atoms with Crippen LogP contribution in [-0.2, 0) is 0 Å². The Morgan fingerprint density at radius 1 is 1.05 bits per heavy atom. The lowest BCUT2D eigenvalue weighted by molar-refractivity contribution is 0.494. The van der Waals surface area contributed by atoms with Crippen molar-refractivity contribution in [3.05, 3.63) is 68.9 Å². The Balaban J connectivity index is 2.61. The van der Waals surface area contributed by atoms with Gasteiger partial charge < -0.3 is 0 Å². The van der Waals surface area contributed by atoms with Crippen molar-refractivity contribution in [2.45, 2.75) is 13.0 Å². The SMILES string of the molecule is Cc1ccc(F)c(C(NN)c2c(F)cc(Br)cc2F)c1. The smallest absolute Gasteiger partial charge is 0.132 e. The molecule has 0 spiro atoms. The summed E-state index contributed by atoms with van der Waals surface area (Å²) in [5.74, 6) is 3.18. The molecule has 3 N–H and O–H groups in total. The number of hydrogen-bond acceptors (Lipinski definition) is 2. The van der Waals surface area contributed by atoms with E-state index in [0.29, 0.717) is 0 Å². The number of hydrogen-bond donors (Lipinski definition) is 2. The molecule has 6 heteroatoms. The molecule has 0 aliphatic rings. The first-order valence-electron chi connectivity index (χ1n) is 5.80. The zero-order valence-corrected chi connectivity index (χ0v) is 12.1. The van der Waals surface area contributed by atoms with Crippen LogP contribution < -0.4 is 11.3 Å². The fourth-order valence-corrected chi connectivity index (χ4v) is 2.44. The van der Waals surface area contributed by atoms with Gasteiger partial charge in [0.2, 0.25) is 0 Å². The normalized spacial score (nSPS) is 12.5. The largest absolute Gasteiger partial charge is 0.271 e. The van der Waals surface area contributed by atoms with Gasteiger partial charge in [-0.25, -0.2) is 18.6 Å². The Hall–Kier alpha value is -1.37. The van der Waals surface area contributed by atoms with Crippen LogP contribution >= 0.6 is 15.9 Å². The number of benzene rings is 2. The molecule has 2 aromatic carbocycles. The van der Waals surface area contributed by atoms with Crippen molar-refractivity contribution in [1.29, 1.82) is 0 Å². The summed E-state index contributed by atoms with van der Waals surface area (Å²) in [5.41, 5.74) is 2.80. The van der Waals surface area contributed by atoms with E-state index in [0.717, 1.165) is 17.7 Å². The Morgan fingerprint density at radius 2 is 1.65 bits per heavy atom. The van der Waals surface area contributed by atoms with Crippen molar-refractivity contribution in [3.63, 3.8) is 0 Å². The van der Waals surface area contributed by atoms with E-state index in [9.17, 15) is 13.2 Å². The summed E-state index contributed by atoms with van der Waals surface area (Å²) in [7, 11) is 0. The maximum absolute atomic E-state index is 14.0. The van der Waals surface area contributed by atoms with Crippen molar-refractivity contribution < 1.29 is 13.2 Å². The molecule has 1 unspecified atom stereocenters. The van der Waals surface area contributed by atoms with Crippen LogP contribution in [0.3, 0.4) is 0 Å². The summed E-state index contributed by atoms with van der Waals surface area (Å²) in [6.45, 7) is 1.75. The fourth-order valence-electron chi connectivity index (χ4n) is 2.04. The van der Waals surface area contributed by atoms with Gasteiger partial charge >= 0.3 is 0 Å². The maximum Gasteiger partial charge on any atom is 0.132 e. The van der Waals surface area contributed by atoms with E-state index in [2.05, 4.69) is 21.4 Å². The zero-order chi connectivity index (χ0) is 14.9. The van der Waals surface area contributed by atoms with E-state index in [1.165, 1.54) is 12.1 Å². The number of hydrazine groups is 1. The minimum absolute atomic E-state index is 0.0904. The fraction of sp³-hybridized carbons (Fsp3) is 0.143. The van der Waals surface area contributed by atoms with Crippen molar-refractivity contribution >= 4 is 15.9 Å². The molecule has 0 amide bonds. The lowest BCUT2D eigenvalue weighted by Crippen LogP contribution is -2.31. The Labute approximate surface area is 122 Å². The topological polar surface area (TPSA) is 38.0 Å². The summed E-state index contributed by atoms with van der Waals surface area (Å²) in [5, 5.41) is 0. The quantitative estimate of drug-likeness (QED) is 0.657. The van der Waals surface area contributed by atoms with Gasteiger partial charge in [0, 0.05) is 15.6 Å². The third-order valence-corrected chi connectivity index (χ3v) is 3.42. The molecule has 0 aliphatic heterocycles. The summed E-state index contributed by atoms with van der Waals surface area (Å²) in [6.07, 6.45) is 0. The third kappa shape index (κ3) is 2.87. The van der Waals surface area contributed by atoms with Crippen LogP contribution in [0.25, 0.3) is 0 Å². The second kappa shape index (κ2) is 5.95. The highest BCUT2D eigenvalue weighted by atomic mass is 79.9. The van der Waals surface area contributed by atoms with E-state index in [1.54, 1.807) is 13.0 Å². The van der Waals surface area contributed by atoms with E-state index < -0.39 is 23.5 Å². The summed E-state index contributed by atoms with van der Waals surface area (Å²) >= 11 is 2.99. The number of nitrogens with two attached hydrogens (primary N) is 1. The molecule has 2 nitrogen and oxygen atoms in total. The summed E-state index contributed by atoms with van der Waals surface area (Å²) in [4.78, 5) is 0. The van der Waals surface area contributed by atoms with E-state index in [-0.39, 0.29) is 15.6 Å². The van der Waals surface area contributed by atoms with Crippen LogP contribution in [0.5, 0.6) is 0 Å². The molecule has 106 valence electrons. The minimum Gasteiger partial charge on any atom is -0.271 e.